The fourth-order valence-electron chi connectivity index (χ4n) is 1.75. The van der Waals surface area contributed by atoms with Crippen LogP contribution in [0.4, 0.5) is 5.82 Å². The van der Waals surface area contributed by atoms with Gasteiger partial charge in [0.1, 0.15) is 5.82 Å². The van der Waals surface area contributed by atoms with Gasteiger partial charge in [-0.2, -0.15) is 10.2 Å². The van der Waals surface area contributed by atoms with E-state index in [0.29, 0.717) is 35.3 Å². The predicted molar refractivity (Wildman–Crippen MR) is 66.8 cm³/mol. The fourth-order valence-corrected chi connectivity index (χ4v) is 1.75. The molecule has 0 unspecified atom stereocenters. The molecule has 8 heteroatoms. The molecule has 3 rings (SSSR count). The average Bonchev–Trinajstić information content (AvgIpc) is 3.10. The molecule has 0 amide bonds. The molecule has 0 aliphatic carbocycles. The highest BCUT2D eigenvalue weighted by molar-refractivity contribution is 5.68. The van der Waals surface area contributed by atoms with Crippen molar-refractivity contribution in [3.8, 4) is 23.0 Å². The van der Waals surface area contributed by atoms with E-state index >= 15 is 0 Å². The van der Waals surface area contributed by atoms with Gasteiger partial charge < -0.3 is 15.3 Å². The van der Waals surface area contributed by atoms with Crippen molar-refractivity contribution in [3.05, 3.63) is 24.6 Å². The quantitative estimate of drug-likeness (QED) is 0.628. The molecule has 3 heterocycles. The van der Waals surface area contributed by atoms with E-state index in [1.54, 1.807) is 24.6 Å². The Kier molecular flexibility index (Phi) is 2.76. The summed E-state index contributed by atoms with van der Waals surface area (Å²) in [7, 11) is 0. The average molecular weight is 260 g/mol. The lowest BCUT2D eigenvalue weighted by molar-refractivity contribution is 0.270. The van der Waals surface area contributed by atoms with Gasteiger partial charge in [0.05, 0.1) is 31.2 Å². The van der Waals surface area contributed by atoms with Crippen molar-refractivity contribution in [2.75, 3.05) is 12.3 Å². The molecule has 0 aliphatic rings. The van der Waals surface area contributed by atoms with Gasteiger partial charge in [0.2, 0.25) is 0 Å². The van der Waals surface area contributed by atoms with Gasteiger partial charge in [-0.15, -0.1) is 0 Å². The number of hydrogen-bond acceptors (Lipinski definition) is 6. The maximum Gasteiger partial charge on any atom is 0.192 e. The van der Waals surface area contributed by atoms with Gasteiger partial charge >= 0.3 is 0 Å². The van der Waals surface area contributed by atoms with Crippen LogP contribution in [0.25, 0.3) is 23.0 Å². The molecule has 0 bridgehead atoms. The summed E-state index contributed by atoms with van der Waals surface area (Å²) in [5.41, 5.74) is 6.53. The summed E-state index contributed by atoms with van der Waals surface area (Å²) in [6, 6.07) is 3.55. The summed E-state index contributed by atoms with van der Waals surface area (Å²) >= 11 is 0. The van der Waals surface area contributed by atoms with Crippen LogP contribution in [-0.2, 0) is 6.54 Å². The van der Waals surface area contributed by atoms with E-state index in [1.807, 2.05) is 0 Å². The first kappa shape index (κ1) is 11.5. The number of nitrogens with zero attached hydrogens (tertiary/aromatic N) is 4. The second-order valence-corrected chi connectivity index (χ2v) is 3.88. The highest BCUT2D eigenvalue weighted by Gasteiger charge is 2.15. The lowest BCUT2D eigenvalue weighted by Crippen LogP contribution is -2.07. The number of hydrogen-bond donors (Lipinski definition) is 3. The summed E-state index contributed by atoms with van der Waals surface area (Å²) in [6.45, 7) is 0.304. The summed E-state index contributed by atoms with van der Waals surface area (Å²) in [6.07, 6.45) is 3.13. The van der Waals surface area contributed by atoms with Gasteiger partial charge in [0.25, 0.3) is 0 Å². The topological polar surface area (TPSA) is 119 Å². The number of aromatic amines is 1. The Bertz CT molecular complexity index is 669. The van der Waals surface area contributed by atoms with E-state index in [2.05, 4.69) is 20.3 Å². The molecular formula is C11H12N6O2. The zero-order chi connectivity index (χ0) is 13.2. The maximum atomic E-state index is 8.89. The molecule has 0 aliphatic heterocycles. The maximum absolute atomic E-state index is 8.89. The minimum Gasteiger partial charge on any atom is -0.461 e. The number of nitrogens with two attached hydrogens (primary N) is 1. The lowest BCUT2D eigenvalue weighted by atomic mass is 10.3. The minimum atomic E-state index is -0.0308. The van der Waals surface area contributed by atoms with E-state index in [0.717, 1.165) is 0 Å². The summed E-state index contributed by atoms with van der Waals surface area (Å²) in [4.78, 5) is 4.30. The monoisotopic (exact) mass is 260 g/mol. The molecule has 0 radical (unpaired) electrons. The highest BCUT2D eigenvalue weighted by atomic mass is 16.3. The van der Waals surface area contributed by atoms with E-state index < -0.39 is 0 Å². The van der Waals surface area contributed by atoms with Crippen molar-refractivity contribution in [2.24, 2.45) is 0 Å². The fraction of sp³-hybridized carbons (Fsp3) is 0.182. The smallest absolute Gasteiger partial charge is 0.192 e. The number of anilines is 1. The zero-order valence-electron chi connectivity index (χ0n) is 9.95. The van der Waals surface area contributed by atoms with Crippen LogP contribution < -0.4 is 5.73 Å². The normalized spacial score (nSPS) is 11.0. The molecule has 0 fully saturated rings. The van der Waals surface area contributed by atoms with Crippen LogP contribution in [0.5, 0.6) is 0 Å². The Morgan fingerprint density at radius 3 is 3.11 bits per heavy atom. The first-order valence-electron chi connectivity index (χ1n) is 5.68. The molecule has 19 heavy (non-hydrogen) atoms. The number of aliphatic hydroxyl groups excluding tert-OH is 1. The van der Waals surface area contributed by atoms with Crippen LogP contribution in [-0.4, -0.2) is 36.7 Å². The molecule has 0 aromatic carbocycles. The van der Waals surface area contributed by atoms with Crippen molar-refractivity contribution < 1.29 is 9.52 Å². The molecular weight excluding hydrogens is 248 g/mol. The van der Waals surface area contributed by atoms with Crippen molar-refractivity contribution in [1.82, 2.24) is 25.0 Å². The van der Waals surface area contributed by atoms with Crippen LogP contribution in [0.15, 0.2) is 29.0 Å². The van der Waals surface area contributed by atoms with E-state index in [-0.39, 0.29) is 6.61 Å². The SMILES string of the molecule is Nc1c(-c2n[nH]c(-c3ccco3)n2)cnn1CCO. The Morgan fingerprint density at radius 1 is 1.47 bits per heavy atom. The predicted octanol–water partition coefficient (Wildman–Crippen LogP) is 0.503. The third kappa shape index (κ3) is 1.97. The number of furan rings is 1. The molecule has 98 valence electrons. The second kappa shape index (κ2) is 4.58. The molecule has 0 atom stereocenters. The second-order valence-electron chi connectivity index (χ2n) is 3.88. The van der Waals surface area contributed by atoms with Gasteiger partial charge in [-0.1, -0.05) is 0 Å². The van der Waals surface area contributed by atoms with Gasteiger partial charge in [-0.25, -0.2) is 9.67 Å². The van der Waals surface area contributed by atoms with Gasteiger partial charge in [-0.3, -0.25) is 5.10 Å². The molecule has 3 aromatic heterocycles. The highest BCUT2D eigenvalue weighted by Crippen LogP contribution is 2.24. The number of nitrogens with one attached hydrogen (secondary N) is 1. The van der Waals surface area contributed by atoms with Gasteiger partial charge in [-0.05, 0) is 12.1 Å². The third-order valence-corrected chi connectivity index (χ3v) is 2.67. The summed E-state index contributed by atoms with van der Waals surface area (Å²) < 4.78 is 6.72. The standard InChI is InChI=1S/C11H12N6O2/c12-9-7(6-13-17(9)3-4-18)10-14-11(16-15-10)8-2-1-5-19-8/h1-2,5-6,18H,3-4,12H2,(H,14,15,16). The van der Waals surface area contributed by atoms with Crippen LogP contribution in [0.2, 0.25) is 0 Å². The Morgan fingerprint density at radius 2 is 2.37 bits per heavy atom. The van der Waals surface area contributed by atoms with Crippen molar-refractivity contribution in [2.45, 2.75) is 6.54 Å². The van der Waals surface area contributed by atoms with Crippen molar-refractivity contribution >= 4 is 5.82 Å². The number of aliphatic hydroxyl groups is 1. The van der Waals surface area contributed by atoms with Crippen LogP contribution in [0, 0.1) is 0 Å². The molecule has 3 aromatic rings. The molecule has 4 N–H and O–H groups in total. The van der Waals surface area contributed by atoms with Crippen LogP contribution in [0.1, 0.15) is 0 Å². The molecule has 0 saturated heterocycles. The number of nitrogen functional groups attached to an aromatic ring is 1. The van der Waals surface area contributed by atoms with Crippen molar-refractivity contribution in [3.63, 3.8) is 0 Å². The summed E-state index contributed by atoms with van der Waals surface area (Å²) in [5.74, 6) is 1.97. The van der Waals surface area contributed by atoms with Crippen molar-refractivity contribution in [1.29, 1.82) is 0 Å². The Labute approximate surface area is 107 Å². The van der Waals surface area contributed by atoms with E-state index in [1.165, 1.54) is 4.68 Å². The Hall–Kier alpha value is -2.61. The minimum absolute atomic E-state index is 0.0308. The van der Waals surface area contributed by atoms with Gasteiger partial charge in [0.15, 0.2) is 17.4 Å². The first-order valence-corrected chi connectivity index (χ1v) is 5.68. The third-order valence-electron chi connectivity index (χ3n) is 2.67. The number of aromatic nitrogens is 5. The molecule has 0 spiro atoms. The summed E-state index contributed by atoms with van der Waals surface area (Å²) in [5, 5.41) is 19.8. The zero-order valence-corrected chi connectivity index (χ0v) is 9.95. The molecule has 8 nitrogen and oxygen atoms in total. The largest absolute Gasteiger partial charge is 0.461 e. The van der Waals surface area contributed by atoms with Crippen LogP contribution >= 0.6 is 0 Å². The number of H-pyrrole nitrogens is 1. The van der Waals surface area contributed by atoms with Crippen LogP contribution in [0.3, 0.4) is 0 Å². The first-order chi connectivity index (χ1) is 9.29. The van der Waals surface area contributed by atoms with Gasteiger partial charge in [0, 0.05) is 0 Å². The Balaban J connectivity index is 1.95. The molecule has 0 saturated carbocycles. The van der Waals surface area contributed by atoms with E-state index in [9.17, 15) is 0 Å². The lowest BCUT2D eigenvalue weighted by Gasteiger charge is -2.00. The number of rotatable bonds is 4. The van der Waals surface area contributed by atoms with E-state index in [4.69, 9.17) is 15.3 Å².